The maximum absolute atomic E-state index is 12.2. The molecule has 7 heteroatoms. The van der Waals surface area contributed by atoms with E-state index in [-0.39, 0.29) is 5.92 Å². The number of fused-ring (bicyclic) bond motifs is 1. The second-order valence-corrected chi connectivity index (χ2v) is 6.07. The molecule has 4 rings (SSSR count). The van der Waals surface area contributed by atoms with Gasteiger partial charge in [-0.1, -0.05) is 0 Å². The lowest BCUT2D eigenvalue weighted by atomic mass is 9.56. The predicted molar refractivity (Wildman–Crippen MR) is 71.8 cm³/mol. The first kappa shape index (κ1) is 14.7. The molecule has 1 saturated heterocycles. The van der Waals surface area contributed by atoms with Crippen molar-refractivity contribution in [2.45, 2.75) is 39.2 Å². The Morgan fingerprint density at radius 2 is 1.86 bits per heavy atom. The van der Waals surface area contributed by atoms with Crippen molar-refractivity contribution in [1.29, 1.82) is 0 Å². The molecule has 2 bridgehead atoms. The van der Waals surface area contributed by atoms with Gasteiger partial charge in [-0.3, -0.25) is 24.5 Å². The van der Waals surface area contributed by atoms with Crippen molar-refractivity contribution in [2.24, 2.45) is 17.8 Å². The van der Waals surface area contributed by atoms with Gasteiger partial charge in [0.1, 0.15) is 11.4 Å². The van der Waals surface area contributed by atoms with Crippen LogP contribution in [-0.4, -0.2) is 29.4 Å². The van der Waals surface area contributed by atoms with Gasteiger partial charge in [-0.05, 0) is 19.8 Å². The molecule has 4 atom stereocenters. The number of allylic oxidation sites excluding steroid dienone is 1. The smallest absolute Gasteiger partial charge is 0.307 e. The molecular formula is C15H17NO6. The zero-order valence-electron chi connectivity index (χ0n) is 12.6. The molecule has 2 fully saturated rings. The van der Waals surface area contributed by atoms with Crippen LogP contribution in [0.25, 0.3) is 0 Å². The standard InChI is InChI=1S/C15H17NO6/c1-6-12(21-7(2)17)9-4-5-15(6,22-8(3)18)11-10(9)13(19)16-14(11)20/h9-11H,4-5H2,1-3H3,(H,16,19,20)/t9-,10-,11-,15+/m1/s1. The van der Waals surface area contributed by atoms with E-state index in [1.165, 1.54) is 13.8 Å². The van der Waals surface area contributed by atoms with E-state index in [1.54, 1.807) is 6.92 Å². The van der Waals surface area contributed by atoms with Crippen LogP contribution in [0.4, 0.5) is 0 Å². The first-order chi connectivity index (χ1) is 10.3. The molecule has 22 heavy (non-hydrogen) atoms. The molecule has 1 saturated carbocycles. The summed E-state index contributed by atoms with van der Waals surface area (Å²) in [6.07, 6.45) is 0.963. The molecule has 1 heterocycles. The predicted octanol–water partition coefficient (Wildman–Crippen LogP) is 0.438. The van der Waals surface area contributed by atoms with Gasteiger partial charge >= 0.3 is 11.9 Å². The van der Waals surface area contributed by atoms with Gasteiger partial charge in [-0.15, -0.1) is 0 Å². The summed E-state index contributed by atoms with van der Waals surface area (Å²) in [5.74, 6) is -3.23. The average molecular weight is 307 g/mol. The van der Waals surface area contributed by atoms with Gasteiger partial charge in [0.25, 0.3) is 0 Å². The van der Waals surface area contributed by atoms with Crippen molar-refractivity contribution in [2.75, 3.05) is 0 Å². The number of imide groups is 1. The number of hydrogen-bond donors (Lipinski definition) is 1. The van der Waals surface area contributed by atoms with Gasteiger partial charge < -0.3 is 9.47 Å². The van der Waals surface area contributed by atoms with E-state index >= 15 is 0 Å². The first-order valence-electron chi connectivity index (χ1n) is 7.22. The Labute approximate surface area is 127 Å². The first-order valence-corrected chi connectivity index (χ1v) is 7.22. The van der Waals surface area contributed by atoms with E-state index in [9.17, 15) is 19.2 Å². The lowest BCUT2D eigenvalue weighted by Crippen LogP contribution is -2.58. The molecule has 0 radical (unpaired) electrons. The SMILES string of the molecule is CC(=O)OC1=C(C)[C@@]2(OC(C)=O)CC[C@@H]1[C@H]1C(=O)NC(=O)[C@@H]12. The molecule has 0 aromatic heterocycles. The Balaban J connectivity index is 2.17. The van der Waals surface area contributed by atoms with Gasteiger partial charge in [0.2, 0.25) is 11.8 Å². The van der Waals surface area contributed by atoms with Gasteiger partial charge in [0, 0.05) is 25.3 Å². The van der Waals surface area contributed by atoms with Crippen molar-refractivity contribution in [3.8, 4) is 0 Å². The Morgan fingerprint density at radius 3 is 2.45 bits per heavy atom. The summed E-state index contributed by atoms with van der Waals surface area (Å²) >= 11 is 0. The number of nitrogens with one attached hydrogen (secondary N) is 1. The van der Waals surface area contributed by atoms with Gasteiger partial charge in [-0.2, -0.15) is 0 Å². The van der Waals surface area contributed by atoms with Crippen molar-refractivity contribution < 1.29 is 28.7 Å². The highest BCUT2D eigenvalue weighted by Crippen LogP contribution is 2.57. The molecule has 0 aromatic carbocycles. The summed E-state index contributed by atoms with van der Waals surface area (Å²) < 4.78 is 10.8. The van der Waals surface area contributed by atoms with Crippen LogP contribution in [0, 0.1) is 17.8 Å². The third kappa shape index (κ3) is 1.81. The summed E-state index contributed by atoms with van der Waals surface area (Å²) in [7, 11) is 0. The highest BCUT2D eigenvalue weighted by atomic mass is 16.6. The van der Waals surface area contributed by atoms with Crippen LogP contribution in [0.1, 0.15) is 33.6 Å². The topological polar surface area (TPSA) is 98.8 Å². The summed E-state index contributed by atoms with van der Waals surface area (Å²) in [4.78, 5) is 47.3. The minimum atomic E-state index is -1.20. The average Bonchev–Trinajstić information content (AvgIpc) is 2.71. The molecule has 4 aliphatic rings. The summed E-state index contributed by atoms with van der Waals surface area (Å²) in [5, 5.41) is 2.32. The molecule has 2 amide bonds. The second-order valence-electron chi connectivity index (χ2n) is 6.07. The van der Waals surface area contributed by atoms with Crippen LogP contribution in [0.2, 0.25) is 0 Å². The van der Waals surface area contributed by atoms with E-state index in [0.29, 0.717) is 24.2 Å². The summed E-state index contributed by atoms with van der Waals surface area (Å²) in [6, 6.07) is 0. The van der Waals surface area contributed by atoms with Crippen LogP contribution in [0.5, 0.6) is 0 Å². The van der Waals surface area contributed by atoms with Crippen LogP contribution in [0.15, 0.2) is 11.3 Å². The highest BCUT2D eigenvalue weighted by molar-refractivity contribution is 6.07. The number of hydrogen-bond acceptors (Lipinski definition) is 6. The van der Waals surface area contributed by atoms with E-state index in [4.69, 9.17) is 9.47 Å². The van der Waals surface area contributed by atoms with E-state index in [2.05, 4.69) is 5.32 Å². The van der Waals surface area contributed by atoms with Gasteiger partial charge in [0.05, 0.1) is 11.8 Å². The molecule has 3 aliphatic carbocycles. The van der Waals surface area contributed by atoms with Crippen molar-refractivity contribution in [3.05, 3.63) is 11.3 Å². The van der Waals surface area contributed by atoms with Crippen molar-refractivity contribution in [1.82, 2.24) is 5.32 Å². The van der Waals surface area contributed by atoms with Crippen molar-refractivity contribution in [3.63, 3.8) is 0 Å². The van der Waals surface area contributed by atoms with E-state index in [1.807, 2.05) is 0 Å². The molecule has 7 nitrogen and oxygen atoms in total. The highest BCUT2D eigenvalue weighted by Gasteiger charge is 2.67. The Bertz CT molecular complexity index is 636. The quantitative estimate of drug-likeness (QED) is 0.587. The monoisotopic (exact) mass is 307 g/mol. The molecule has 1 N–H and O–H groups in total. The number of rotatable bonds is 2. The third-order valence-electron chi connectivity index (χ3n) is 4.87. The molecule has 0 spiro atoms. The fourth-order valence-electron chi connectivity index (χ4n) is 4.17. The zero-order chi connectivity index (χ0) is 16.2. The largest absolute Gasteiger partial charge is 0.454 e. The Hall–Kier alpha value is -2.18. The molecule has 1 aliphatic heterocycles. The lowest BCUT2D eigenvalue weighted by molar-refractivity contribution is -0.175. The van der Waals surface area contributed by atoms with Crippen LogP contribution in [-0.2, 0) is 28.7 Å². The number of amides is 2. The maximum Gasteiger partial charge on any atom is 0.307 e. The second kappa shape index (κ2) is 4.66. The normalized spacial score (nSPS) is 36.0. The zero-order valence-corrected chi connectivity index (χ0v) is 12.6. The molecule has 118 valence electrons. The Kier molecular flexibility index (Phi) is 3.12. The van der Waals surface area contributed by atoms with Crippen LogP contribution < -0.4 is 5.32 Å². The number of ether oxygens (including phenoxy) is 2. The van der Waals surface area contributed by atoms with Crippen molar-refractivity contribution >= 4 is 23.8 Å². The summed E-state index contributed by atoms with van der Waals surface area (Å²) in [5.41, 5.74) is -0.646. The van der Waals surface area contributed by atoms with Gasteiger partial charge in [-0.25, -0.2) is 0 Å². The summed E-state index contributed by atoms with van der Waals surface area (Å²) in [6.45, 7) is 4.23. The minimum absolute atomic E-state index is 0.335. The fourth-order valence-corrected chi connectivity index (χ4v) is 4.17. The lowest BCUT2D eigenvalue weighted by Gasteiger charge is -2.51. The van der Waals surface area contributed by atoms with E-state index in [0.717, 1.165) is 0 Å². The minimum Gasteiger partial charge on any atom is -0.454 e. The van der Waals surface area contributed by atoms with E-state index < -0.39 is 41.2 Å². The van der Waals surface area contributed by atoms with Crippen LogP contribution >= 0.6 is 0 Å². The number of carbonyl (C=O) groups excluding carboxylic acids is 4. The van der Waals surface area contributed by atoms with Gasteiger partial charge in [0.15, 0.2) is 0 Å². The molecular weight excluding hydrogens is 290 g/mol. The molecule has 0 aromatic rings. The third-order valence-corrected chi connectivity index (χ3v) is 4.87. The fraction of sp³-hybridized carbons (Fsp3) is 0.600. The van der Waals surface area contributed by atoms with Crippen LogP contribution in [0.3, 0.4) is 0 Å². The number of carbonyl (C=O) groups is 4. The number of esters is 2. The molecule has 0 unspecified atom stereocenters. The Morgan fingerprint density at radius 1 is 1.18 bits per heavy atom. The maximum atomic E-state index is 12.2.